The fraction of sp³-hybridized carbons (Fsp3) is 0.105. The van der Waals surface area contributed by atoms with E-state index in [2.05, 4.69) is 37.9 Å². The van der Waals surface area contributed by atoms with Crippen LogP contribution in [0.4, 0.5) is 0 Å². The molecule has 3 aromatic rings. The summed E-state index contributed by atoms with van der Waals surface area (Å²) in [5.41, 5.74) is 3.15. The normalized spacial score (nSPS) is 10.3. The van der Waals surface area contributed by atoms with E-state index in [1.54, 1.807) is 19.2 Å². The van der Waals surface area contributed by atoms with Gasteiger partial charge >= 0.3 is 0 Å². The molecular weight excluding hydrogens is 429 g/mol. The molecule has 25 heavy (non-hydrogen) atoms. The topological polar surface area (TPSA) is 64.1 Å². The quantitative estimate of drug-likeness (QED) is 0.609. The minimum Gasteiger partial charge on any atom is -0.497 e. The lowest BCUT2D eigenvalue weighted by Crippen LogP contribution is -2.23. The third kappa shape index (κ3) is 4.54. The first-order chi connectivity index (χ1) is 12.2. The van der Waals surface area contributed by atoms with Crippen molar-refractivity contribution in [2.45, 2.75) is 6.54 Å². The Balaban J connectivity index is 1.69. The number of benzene rings is 2. The molecule has 0 saturated carbocycles. The molecule has 0 aliphatic heterocycles. The lowest BCUT2D eigenvalue weighted by molar-refractivity contribution is 0.0950. The van der Waals surface area contributed by atoms with Crippen LogP contribution in [0, 0.1) is 3.57 Å². The summed E-state index contributed by atoms with van der Waals surface area (Å²) < 4.78 is 6.25. The van der Waals surface area contributed by atoms with Crippen molar-refractivity contribution in [2.75, 3.05) is 7.11 Å². The summed E-state index contributed by atoms with van der Waals surface area (Å²) >= 11 is 2.21. The van der Waals surface area contributed by atoms with Gasteiger partial charge < -0.3 is 10.1 Å². The maximum Gasteiger partial charge on any atom is 0.251 e. The van der Waals surface area contributed by atoms with E-state index in [0.29, 0.717) is 12.1 Å². The summed E-state index contributed by atoms with van der Waals surface area (Å²) in [6.45, 7) is 0.344. The Kier molecular flexibility index (Phi) is 5.60. The van der Waals surface area contributed by atoms with Gasteiger partial charge in [0.15, 0.2) is 0 Å². The third-order valence-electron chi connectivity index (χ3n) is 3.65. The van der Waals surface area contributed by atoms with Crippen LogP contribution in [0.25, 0.3) is 11.3 Å². The Morgan fingerprint density at radius 1 is 1.08 bits per heavy atom. The average molecular weight is 445 g/mol. The number of methoxy groups -OCH3 is 1. The van der Waals surface area contributed by atoms with Crippen LogP contribution in [-0.2, 0) is 6.54 Å². The molecule has 0 unspecified atom stereocenters. The highest BCUT2D eigenvalue weighted by molar-refractivity contribution is 14.1. The SMILES string of the molecule is COc1ccc(-c2cc(CNC(=O)c3ccc(I)cc3)ncn2)cc1. The van der Waals surface area contributed by atoms with E-state index >= 15 is 0 Å². The van der Waals surface area contributed by atoms with Crippen molar-refractivity contribution >= 4 is 28.5 Å². The molecule has 1 heterocycles. The number of nitrogens with zero attached hydrogens (tertiary/aromatic N) is 2. The molecule has 1 N–H and O–H groups in total. The van der Waals surface area contributed by atoms with Crippen molar-refractivity contribution in [3.63, 3.8) is 0 Å². The standard InChI is InChI=1S/C19H16IN3O2/c1-25-17-8-4-13(5-9-17)18-10-16(22-12-23-18)11-21-19(24)14-2-6-15(20)7-3-14/h2-10,12H,11H2,1H3,(H,21,24). The number of carbonyl (C=O) groups is 1. The molecule has 0 atom stereocenters. The van der Waals surface area contributed by atoms with Crippen LogP contribution in [-0.4, -0.2) is 23.0 Å². The minimum absolute atomic E-state index is 0.124. The van der Waals surface area contributed by atoms with Gasteiger partial charge in [0.05, 0.1) is 25.0 Å². The van der Waals surface area contributed by atoms with E-state index in [4.69, 9.17) is 4.74 Å². The molecule has 0 spiro atoms. The van der Waals surface area contributed by atoms with E-state index in [1.165, 1.54) is 6.33 Å². The zero-order valence-electron chi connectivity index (χ0n) is 13.6. The summed E-state index contributed by atoms with van der Waals surface area (Å²) in [6.07, 6.45) is 1.51. The molecule has 0 aliphatic rings. The van der Waals surface area contributed by atoms with Gasteiger partial charge in [0.2, 0.25) is 0 Å². The van der Waals surface area contributed by atoms with E-state index in [-0.39, 0.29) is 5.91 Å². The third-order valence-corrected chi connectivity index (χ3v) is 4.37. The Morgan fingerprint density at radius 2 is 1.80 bits per heavy atom. The van der Waals surface area contributed by atoms with Crippen molar-refractivity contribution in [2.24, 2.45) is 0 Å². The number of amides is 1. The van der Waals surface area contributed by atoms with Gasteiger partial charge in [0.25, 0.3) is 5.91 Å². The Labute approximate surface area is 159 Å². The number of nitrogens with one attached hydrogen (secondary N) is 1. The first kappa shape index (κ1) is 17.3. The maximum absolute atomic E-state index is 12.2. The van der Waals surface area contributed by atoms with Crippen LogP contribution in [0.1, 0.15) is 16.1 Å². The van der Waals surface area contributed by atoms with Crippen LogP contribution in [0.2, 0.25) is 0 Å². The molecule has 5 nitrogen and oxygen atoms in total. The number of rotatable bonds is 5. The summed E-state index contributed by atoms with van der Waals surface area (Å²) in [5, 5.41) is 2.88. The molecule has 0 aliphatic carbocycles. The number of halogens is 1. The summed E-state index contributed by atoms with van der Waals surface area (Å²) in [4.78, 5) is 20.7. The first-order valence-electron chi connectivity index (χ1n) is 7.65. The summed E-state index contributed by atoms with van der Waals surface area (Å²) in [6, 6.07) is 16.9. The van der Waals surface area contributed by atoms with Gasteiger partial charge in [-0.3, -0.25) is 4.79 Å². The Morgan fingerprint density at radius 3 is 2.48 bits per heavy atom. The van der Waals surface area contributed by atoms with E-state index in [9.17, 15) is 4.79 Å². The average Bonchev–Trinajstić information content (AvgIpc) is 2.67. The van der Waals surface area contributed by atoms with Crippen molar-refractivity contribution in [3.8, 4) is 17.0 Å². The molecule has 6 heteroatoms. The van der Waals surface area contributed by atoms with E-state index < -0.39 is 0 Å². The molecule has 1 amide bonds. The zero-order chi connectivity index (χ0) is 17.6. The van der Waals surface area contributed by atoms with Gasteiger partial charge in [-0.25, -0.2) is 9.97 Å². The number of hydrogen-bond acceptors (Lipinski definition) is 4. The van der Waals surface area contributed by atoms with Crippen LogP contribution in [0.15, 0.2) is 60.9 Å². The maximum atomic E-state index is 12.2. The fourth-order valence-electron chi connectivity index (χ4n) is 2.29. The van der Waals surface area contributed by atoms with E-state index in [0.717, 1.165) is 26.3 Å². The Bertz CT molecular complexity index is 865. The molecule has 0 bridgehead atoms. The second kappa shape index (κ2) is 8.06. The summed E-state index contributed by atoms with van der Waals surface area (Å²) in [5.74, 6) is 0.670. The highest BCUT2D eigenvalue weighted by Crippen LogP contribution is 2.20. The Hall–Kier alpha value is -2.48. The highest BCUT2D eigenvalue weighted by Gasteiger charge is 2.07. The molecule has 0 fully saturated rings. The first-order valence-corrected chi connectivity index (χ1v) is 8.73. The number of ether oxygens (including phenoxy) is 1. The van der Waals surface area contributed by atoms with Crippen LogP contribution >= 0.6 is 22.6 Å². The lowest BCUT2D eigenvalue weighted by Gasteiger charge is -2.07. The predicted octanol–water partition coefficient (Wildman–Crippen LogP) is 3.69. The number of hydrogen-bond donors (Lipinski definition) is 1. The zero-order valence-corrected chi connectivity index (χ0v) is 15.7. The van der Waals surface area contributed by atoms with Gasteiger partial charge in [0, 0.05) is 14.7 Å². The van der Waals surface area contributed by atoms with Crippen molar-refractivity contribution in [1.82, 2.24) is 15.3 Å². The molecule has 2 aromatic carbocycles. The smallest absolute Gasteiger partial charge is 0.251 e. The van der Waals surface area contributed by atoms with Crippen LogP contribution in [0.3, 0.4) is 0 Å². The largest absolute Gasteiger partial charge is 0.497 e. The number of aromatic nitrogens is 2. The minimum atomic E-state index is -0.124. The molecular formula is C19H16IN3O2. The predicted molar refractivity (Wildman–Crippen MR) is 104 cm³/mol. The molecule has 3 rings (SSSR count). The second-order valence-electron chi connectivity index (χ2n) is 5.31. The molecule has 1 aromatic heterocycles. The second-order valence-corrected chi connectivity index (χ2v) is 6.56. The van der Waals surface area contributed by atoms with Crippen molar-refractivity contribution in [1.29, 1.82) is 0 Å². The molecule has 0 saturated heterocycles. The summed E-state index contributed by atoms with van der Waals surface area (Å²) in [7, 11) is 1.63. The van der Waals surface area contributed by atoms with Crippen LogP contribution < -0.4 is 10.1 Å². The highest BCUT2D eigenvalue weighted by atomic mass is 127. The van der Waals surface area contributed by atoms with E-state index in [1.807, 2.05) is 42.5 Å². The van der Waals surface area contributed by atoms with Gasteiger partial charge in [0.1, 0.15) is 12.1 Å². The van der Waals surface area contributed by atoms with Gasteiger partial charge in [-0.1, -0.05) is 0 Å². The molecule has 0 radical (unpaired) electrons. The van der Waals surface area contributed by atoms with Gasteiger partial charge in [-0.05, 0) is 77.2 Å². The molecule has 126 valence electrons. The van der Waals surface area contributed by atoms with Gasteiger partial charge in [-0.2, -0.15) is 0 Å². The monoisotopic (exact) mass is 445 g/mol. The number of carbonyl (C=O) groups excluding carboxylic acids is 1. The fourth-order valence-corrected chi connectivity index (χ4v) is 2.65. The van der Waals surface area contributed by atoms with Gasteiger partial charge in [-0.15, -0.1) is 0 Å². The van der Waals surface area contributed by atoms with Crippen LogP contribution in [0.5, 0.6) is 5.75 Å². The van der Waals surface area contributed by atoms with Crippen molar-refractivity contribution < 1.29 is 9.53 Å². The lowest BCUT2D eigenvalue weighted by atomic mass is 10.1. The van der Waals surface area contributed by atoms with Crippen molar-refractivity contribution in [3.05, 3.63) is 75.8 Å².